The second-order valence-electron chi connectivity index (χ2n) is 5.86. The van der Waals surface area contributed by atoms with Gasteiger partial charge in [0.05, 0.1) is 29.7 Å². The van der Waals surface area contributed by atoms with Gasteiger partial charge in [0.2, 0.25) is 0 Å². The van der Waals surface area contributed by atoms with Crippen LogP contribution >= 0.6 is 0 Å². The lowest BCUT2D eigenvalue weighted by molar-refractivity contribution is -0.385. The summed E-state index contributed by atoms with van der Waals surface area (Å²) in [4.78, 5) is 10.9. The van der Waals surface area contributed by atoms with Crippen LogP contribution in [0.25, 0.3) is 12.2 Å². The number of hydrogen-bond acceptors (Lipinski definition) is 5. The Morgan fingerprint density at radius 2 is 1.67 bits per heavy atom. The van der Waals surface area contributed by atoms with Crippen molar-refractivity contribution < 1.29 is 19.1 Å². The van der Waals surface area contributed by atoms with Gasteiger partial charge >= 0.3 is 0 Å². The molecule has 0 fully saturated rings. The minimum atomic E-state index is -0.467. The summed E-state index contributed by atoms with van der Waals surface area (Å²) in [6.45, 7) is 0. The fourth-order valence-corrected chi connectivity index (χ4v) is 2.80. The maximum absolute atomic E-state index is 11.4. The zero-order valence-electron chi connectivity index (χ0n) is 14.4. The summed E-state index contributed by atoms with van der Waals surface area (Å²) in [5.74, 6) is 2.57. The molecule has 0 saturated heterocycles. The molecular weight excluding hydrogens is 346 g/mol. The van der Waals surface area contributed by atoms with Crippen LogP contribution < -0.4 is 14.2 Å². The number of fused-ring (bicyclic) bond motifs is 2. The molecule has 27 heavy (non-hydrogen) atoms. The molecule has 3 aromatic rings. The smallest absolute Gasteiger partial charge is 0.276 e. The fourth-order valence-electron chi connectivity index (χ4n) is 2.80. The topological polar surface area (TPSA) is 70.8 Å². The first-order valence-electron chi connectivity index (χ1n) is 8.23. The zero-order chi connectivity index (χ0) is 18.8. The molecular formula is C21H15NO5. The standard InChI is InChI=1S/C21H15NO5/c1-25-16-7-9-17(10-8-16)26-20-12-15(22(23)24)13-21-18(20)11-6-14-4-2-3-5-19(14)27-21/h2-13H,1H3. The van der Waals surface area contributed by atoms with E-state index in [1.54, 1.807) is 31.4 Å². The third-order valence-electron chi connectivity index (χ3n) is 4.16. The molecule has 6 nitrogen and oxygen atoms in total. The molecule has 4 rings (SSSR count). The summed E-state index contributed by atoms with van der Waals surface area (Å²) in [6.07, 6.45) is 3.73. The Hall–Kier alpha value is -3.80. The summed E-state index contributed by atoms with van der Waals surface area (Å²) < 4.78 is 17.0. The number of nitro groups is 1. The predicted molar refractivity (Wildman–Crippen MR) is 102 cm³/mol. The number of para-hydroxylation sites is 1. The number of methoxy groups -OCH3 is 1. The first-order valence-corrected chi connectivity index (χ1v) is 8.23. The molecule has 0 amide bonds. The first-order chi connectivity index (χ1) is 13.1. The molecule has 1 aliphatic heterocycles. The molecule has 0 bridgehead atoms. The molecule has 6 heteroatoms. The van der Waals surface area contributed by atoms with Gasteiger partial charge in [0.15, 0.2) is 0 Å². The molecule has 1 heterocycles. The van der Waals surface area contributed by atoms with Gasteiger partial charge in [-0.05, 0) is 36.4 Å². The normalized spacial score (nSPS) is 11.6. The molecule has 134 valence electrons. The third-order valence-corrected chi connectivity index (χ3v) is 4.16. The van der Waals surface area contributed by atoms with E-state index in [0.717, 1.165) is 5.56 Å². The summed E-state index contributed by atoms with van der Waals surface area (Å²) in [6, 6.07) is 17.3. The predicted octanol–water partition coefficient (Wildman–Crippen LogP) is 5.67. The van der Waals surface area contributed by atoms with E-state index in [4.69, 9.17) is 14.2 Å². The molecule has 0 saturated carbocycles. The Morgan fingerprint density at radius 1 is 0.926 bits per heavy atom. The Kier molecular flexibility index (Phi) is 4.22. The molecule has 0 spiro atoms. The first kappa shape index (κ1) is 16.7. The Morgan fingerprint density at radius 3 is 2.41 bits per heavy atom. The Balaban J connectivity index is 1.80. The lowest BCUT2D eigenvalue weighted by atomic mass is 10.1. The Labute approximate surface area is 155 Å². The number of non-ortho nitro benzene ring substituents is 1. The molecule has 0 aromatic heterocycles. The van der Waals surface area contributed by atoms with E-state index in [-0.39, 0.29) is 5.69 Å². The molecule has 1 aliphatic rings. The second kappa shape index (κ2) is 6.84. The minimum Gasteiger partial charge on any atom is -0.497 e. The van der Waals surface area contributed by atoms with Gasteiger partial charge in [-0.15, -0.1) is 0 Å². The van der Waals surface area contributed by atoms with E-state index in [1.165, 1.54) is 12.1 Å². The van der Waals surface area contributed by atoms with Crippen molar-refractivity contribution >= 4 is 17.8 Å². The summed E-state index contributed by atoms with van der Waals surface area (Å²) in [7, 11) is 1.58. The van der Waals surface area contributed by atoms with Gasteiger partial charge in [0, 0.05) is 5.56 Å². The van der Waals surface area contributed by atoms with Crippen molar-refractivity contribution in [1.82, 2.24) is 0 Å². The summed E-state index contributed by atoms with van der Waals surface area (Å²) in [5.41, 5.74) is 1.41. The van der Waals surface area contributed by atoms with E-state index < -0.39 is 4.92 Å². The highest BCUT2D eigenvalue weighted by molar-refractivity contribution is 5.81. The maximum atomic E-state index is 11.4. The van der Waals surface area contributed by atoms with Crippen LogP contribution in [0.5, 0.6) is 28.7 Å². The van der Waals surface area contributed by atoms with Gasteiger partial charge in [-0.1, -0.05) is 24.3 Å². The fraction of sp³-hybridized carbons (Fsp3) is 0.0476. The van der Waals surface area contributed by atoms with Crippen molar-refractivity contribution in [2.75, 3.05) is 7.11 Å². The number of nitrogens with zero attached hydrogens (tertiary/aromatic N) is 1. The number of ether oxygens (including phenoxy) is 3. The minimum absolute atomic E-state index is 0.106. The molecule has 0 radical (unpaired) electrons. The zero-order valence-corrected chi connectivity index (χ0v) is 14.4. The number of benzene rings is 3. The van der Waals surface area contributed by atoms with Crippen LogP contribution in [0.2, 0.25) is 0 Å². The lowest BCUT2D eigenvalue weighted by Crippen LogP contribution is -1.96. The summed E-state index contributed by atoms with van der Waals surface area (Å²) in [5, 5.41) is 11.4. The van der Waals surface area contributed by atoms with Crippen LogP contribution in [0.15, 0.2) is 60.7 Å². The molecule has 0 N–H and O–H groups in total. The van der Waals surface area contributed by atoms with Crippen LogP contribution in [0.3, 0.4) is 0 Å². The second-order valence-corrected chi connectivity index (χ2v) is 5.86. The van der Waals surface area contributed by atoms with Crippen molar-refractivity contribution in [3.63, 3.8) is 0 Å². The van der Waals surface area contributed by atoms with E-state index in [9.17, 15) is 10.1 Å². The molecule has 0 atom stereocenters. The van der Waals surface area contributed by atoms with Crippen LogP contribution in [0, 0.1) is 10.1 Å². The average Bonchev–Trinajstić information content (AvgIpc) is 2.87. The average molecular weight is 361 g/mol. The van der Waals surface area contributed by atoms with Crippen molar-refractivity contribution in [2.24, 2.45) is 0 Å². The van der Waals surface area contributed by atoms with Crippen LogP contribution in [-0.2, 0) is 0 Å². The maximum Gasteiger partial charge on any atom is 0.276 e. The van der Waals surface area contributed by atoms with Gasteiger partial charge in [0.1, 0.15) is 28.7 Å². The third kappa shape index (κ3) is 3.32. The number of rotatable bonds is 4. The van der Waals surface area contributed by atoms with Crippen molar-refractivity contribution in [1.29, 1.82) is 0 Å². The highest BCUT2D eigenvalue weighted by Crippen LogP contribution is 2.42. The highest BCUT2D eigenvalue weighted by Gasteiger charge is 2.21. The van der Waals surface area contributed by atoms with E-state index in [2.05, 4.69) is 0 Å². The van der Waals surface area contributed by atoms with Gasteiger partial charge in [-0.2, -0.15) is 0 Å². The van der Waals surface area contributed by atoms with E-state index in [0.29, 0.717) is 34.3 Å². The summed E-state index contributed by atoms with van der Waals surface area (Å²) >= 11 is 0. The van der Waals surface area contributed by atoms with Gasteiger partial charge in [0.25, 0.3) is 5.69 Å². The van der Waals surface area contributed by atoms with Gasteiger partial charge in [-0.25, -0.2) is 0 Å². The van der Waals surface area contributed by atoms with Crippen LogP contribution in [-0.4, -0.2) is 12.0 Å². The number of hydrogen-bond donors (Lipinski definition) is 0. The lowest BCUT2D eigenvalue weighted by Gasteiger charge is -2.13. The largest absolute Gasteiger partial charge is 0.497 e. The monoisotopic (exact) mass is 361 g/mol. The molecule has 3 aromatic carbocycles. The van der Waals surface area contributed by atoms with Crippen molar-refractivity contribution in [2.45, 2.75) is 0 Å². The number of nitro benzene ring substituents is 1. The van der Waals surface area contributed by atoms with Gasteiger partial charge < -0.3 is 14.2 Å². The van der Waals surface area contributed by atoms with Gasteiger partial charge in [-0.3, -0.25) is 10.1 Å². The molecule has 0 unspecified atom stereocenters. The van der Waals surface area contributed by atoms with Crippen molar-refractivity contribution in [3.05, 3.63) is 81.9 Å². The van der Waals surface area contributed by atoms with E-state index >= 15 is 0 Å². The van der Waals surface area contributed by atoms with Crippen molar-refractivity contribution in [3.8, 4) is 28.7 Å². The Bertz CT molecular complexity index is 1040. The SMILES string of the molecule is COc1ccc(Oc2cc([N+](=O)[O-])cc3c2C=Cc2ccccc2O3)cc1. The highest BCUT2D eigenvalue weighted by atomic mass is 16.6. The molecule has 0 aliphatic carbocycles. The van der Waals surface area contributed by atoms with Crippen LogP contribution in [0.1, 0.15) is 11.1 Å². The quantitative estimate of drug-likeness (QED) is 0.346. The van der Waals surface area contributed by atoms with E-state index in [1.807, 2.05) is 36.4 Å². The van der Waals surface area contributed by atoms with Crippen LogP contribution in [0.4, 0.5) is 5.69 Å².